The second kappa shape index (κ2) is 5.41. The summed E-state index contributed by atoms with van der Waals surface area (Å²) in [5, 5.41) is 3.40. The van der Waals surface area contributed by atoms with Gasteiger partial charge in [-0.25, -0.2) is 4.98 Å². The summed E-state index contributed by atoms with van der Waals surface area (Å²) < 4.78 is 8.23. The quantitative estimate of drug-likeness (QED) is 0.874. The lowest BCUT2D eigenvalue weighted by atomic mass is 9.87. The van der Waals surface area contributed by atoms with E-state index in [4.69, 9.17) is 4.74 Å². The molecule has 4 heteroatoms. The maximum Gasteiger partial charge on any atom is 0.111 e. The molecule has 1 aliphatic heterocycles. The average Bonchev–Trinajstić information content (AvgIpc) is 2.89. The van der Waals surface area contributed by atoms with Gasteiger partial charge < -0.3 is 14.6 Å². The Labute approximate surface area is 109 Å². The highest BCUT2D eigenvalue weighted by Crippen LogP contribution is 2.34. The molecule has 18 heavy (non-hydrogen) atoms. The molecule has 2 aliphatic rings. The Morgan fingerprint density at radius 3 is 3.17 bits per heavy atom. The Bertz CT molecular complexity index is 384. The van der Waals surface area contributed by atoms with Crippen LogP contribution in [-0.4, -0.2) is 29.2 Å². The van der Waals surface area contributed by atoms with E-state index in [1.807, 2.05) is 12.5 Å². The van der Waals surface area contributed by atoms with Crippen molar-refractivity contribution < 1.29 is 4.74 Å². The number of nitrogens with zero attached hydrogens (tertiary/aromatic N) is 2. The van der Waals surface area contributed by atoms with Gasteiger partial charge in [-0.15, -0.1) is 0 Å². The fourth-order valence-electron chi connectivity index (χ4n) is 3.28. The molecule has 2 fully saturated rings. The van der Waals surface area contributed by atoms with Crippen molar-refractivity contribution in [3.8, 4) is 0 Å². The molecule has 1 saturated carbocycles. The lowest BCUT2D eigenvalue weighted by molar-refractivity contribution is 0.0211. The molecular formula is C14H23N3O. The van der Waals surface area contributed by atoms with Crippen LogP contribution in [-0.2, 0) is 4.74 Å². The van der Waals surface area contributed by atoms with Gasteiger partial charge in [0.25, 0.3) is 0 Å². The zero-order chi connectivity index (χ0) is 12.4. The van der Waals surface area contributed by atoms with Gasteiger partial charge in [0.1, 0.15) is 6.10 Å². The Hall–Kier alpha value is -0.870. The van der Waals surface area contributed by atoms with E-state index in [2.05, 4.69) is 21.8 Å². The molecule has 1 aliphatic carbocycles. The zero-order valence-electron chi connectivity index (χ0n) is 11.1. The summed E-state index contributed by atoms with van der Waals surface area (Å²) in [6.07, 6.45) is 9.44. The smallest absolute Gasteiger partial charge is 0.111 e. The summed E-state index contributed by atoms with van der Waals surface area (Å²) in [4.78, 5) is 4.35. The van der Waals surface area contributed by atoms with Crippen LogP contribution in [0.4, 0.5) is 0 Å². The summed E-state index contributed by atoms with van der Waals surface area (Å²) in [6.45, 7) is 5.04. The molecule has 0 radical (unpaired) electrons. The van der Waals surface area contributed by atoms with E-state index in [0.717, 1.165) is 25.6 Å². The minimum absolute atomic E-state index is 0.179. The molecule has 4 nitrogen and oxygen atoms in total. The van der Waals surface area contributed by atoms with Gasteiger partial charge in [-0.1, -0.05) is 19.8 Å². The third-order valence-corrected chi connectivity index (χ3v) is 4.26. The average molecular weight is 249 g/mol. The molecule has 3 unspecified atom stereocenters. The molecule has 0 spiro atoms. The topological polar surface area (TPSA) is 39.1 Å². The molecule has 0 amide bonds. The first kappa shape index (κ1) is 12.2. The fourth-order valence-corrected chi connectivity index (χ4v) is 3.28. The van der Waals surface area contributed by atoms with Crippen LogP contribution in [0.5, 0.6) is 0 Å². The third-order valence-electron chi connectivity index (χ3n) is 4.26. The Kier molecular flexibility index (Phi) is 3.66. The highest BCUT2D eigenvalue weighted by Gasteiger charge is 2.26. The number of aromatic nitrogens is 2. The predicted octanol–water partition coefficient (Wildman–Crippen LogP) is 2.30. The van der Waals surface area contributed by atoms with Crippen molar-refractivity contribution in [2.45, 2.75) is 44.8 Å². The number of hydrogen-bond acceptors (Lipinski definition) is 3. The number of rotatable bonds is 2. The highest BCUT2D eigenvalue weighted by atomic mass is 16.5. The van der Waals surface area contributed by atoms with Gasteiger partial charge in [0.15, 0.2) is 0 Å². The predicted molar refractivity (Wildman–Crippen MR) is 70.5 cm³/mol. The van der Waals surface area contributed by atoms with Crippen LogP contribution in [0, 0.1) is 5.92 Å². The first-order valence-corrected chi connectivity index (χ1v) is 7.18. The van der Waals surface area contributed by atoms with Gasteiger partial charge in [-0.2, -0.15) is 0 Å². The van der Waals surface area contributed by atoms with E-state index in [0.29, 0.717) is 6.04 Å². The Balaban J connectivity index is 1.77. The van der Waals surface area contributed by atoms with Crippen molar-refractivity contribution >= 4 is 0 Å². The molecule has 2 heterocycles. The fraction of sp³-hybridized carbons (Fsp3) is 0.786. The summed E-state index contributed by atoms with van der Waals surface area (Å²) in [5.74, 6) is 0.837. The number of morpholine rings is 1. The van der Waals surface area contributed by atoms with Crippen molar-refractivity contribution in [3.63, 3.8) is 0 Å². The SMILES string of the molecule is CC1CCCC(n2cncc2C2CNCCO2)C1. The van der Waals surface area contributed by atoms with Crippen LogP contribution in [0.15, 0.2) is 12.5 Å². The highest BCUT2D eigenvalue weighted by molar-refractivity contribution is 5.07. The van der Waals surface area contributed by atoms with Crippen molar-refractivity contribution in [2.75, 3.05) is 19.7 Å². The van der Waals surface area contributed by atoms with Gasteiger partial charge in [0, 0.05) is 19.1 Å². The Morgan fingerprint density at radius 2 is 2.39 bits per heavy atom. The first-order chi connectivity index (χ1) is 8.84. The summed E-state index contributed by atoms with van der Waals surface area (Å²) in [7, 11) is 0. The summed E-state index contributed by atoms with van der Waals surface area (Å²) in [5.41, 5.74) is 1.25. The van der Waals surface area contributed by atoms with Crippen LogP contribution in [0.1, 0.15) is 50.4 Å². The zero-order valence-corrected chi connectivity index (χ0v) is 11.1. The summed E-state index contributed by atoms with van der Waals surface area (Å²) >= 11 is 0. The van der Waals surface area contributed by atoms with Crippen LogP contribution < -0.4 is 5.32 Å². The van der Waals surface area contributed by atoms with Crippen LogP contribution in [0.2, 0.25) is 0 Å². The van der Waals surface area contributed by atoms with E-state index in [-0.39, 0.29) is 6.10 Å². The number of hydrogen-bond donors (Lipinski definition) is 1. The molecule has 0 bridgehead atoms. The lowest BCUT2D eigenvalue weighted by Crippen LogP contribution is -2.34. The third kappa shape index (κ3) is 2.45. The van der Waals surface area contributed by atoms with Gasteiger partial charge in [0.05, 0.1) is 24.8 Å². The van der Waals surface area contributed by atoms with E-state index < -0.39 is 0 Å². The van der Waals surface area contributed by atoms with Crippen LogP contribution in [0.3, 0.4) is 0 Å². The largest absolute Gasteiger partial charge is 0.369 e. The summed E-state index contributed by atoms with van der Waals surface area (Å²) in [6, 6.07) is 0.622. The van der Waals surface area contributed by atoms with Crippen molar-refractivity contribution in [2.24, 2.45) is 5.92 Å². The lowest BCUT2D eigenvalue weighted by Gasteiger charge is -2.31. The number of nitrogens with one attached hydrogen (secondary N) is 1. The van der Waals surface area contributed by atoms with Gasteiger partial charge in [0.2, 0.25) is 0 Å². The minimum Gasteiger partial charge on any atom is -0.369 e. The minimum atomic E-state index is 0.179. The molecule has 3 atom stereocenters. The molecule has 1 saturated heterocycles. The molecule has 1 aromatic heterocycles. The number of ether oxygens (including phenoxy) is 1. The number of imidazole rings is 1. The first-order valence-electron chi connectivity index (χ1n) is 7.18. The molecule has 1 N–H and O–H groups in total. The monoisotopic (exact) mass is 249 g/mol. The van der Waals surface area contributed by atoms with Crippen molar-refractivity contribution in [1.82, 2.24) is 14.9 Å². The van der Waals surface area contributed by atoms with Crippen molar-refractivity contribution in [3.05, 3.63) is 18.2 Å². The van der Waals surface area contributed by atoms with E-state index >= 15 is 0 Å². The van der Waals surface area contributed by atoms with Crippen LogP contribution in [0.25, 0.3) is 0 Å². The van der Waals surface area contributed by atoms with E-state index in [9.17, 15) is 0 Å². The van der Waals surface area contributed by atoms with E-state index in [1.54, 1.807) is 0 Å². The second-order valence-electron chi connectivity index (χ2n) is 5.71. The second-order valence-corrected chi connectivity index (χ2v) is 5.71. The van der Waals surface area contributed by atoms with Gasteiger partial charge in [-0.3, -0.25) is 0 Å². The normalized spacial score (nSPS) is 33.5. The molecule has 0 aromatic carbocycles. The standard InChI is InChI=1S/C14H23N3O/c1-11-3-2-4-12(7-11)17-10-16-8-13(17)14-9-15-5-6-18-14/h8,10-12,14-15H,2-7,9H2,1H3. The maximum atomic E-state index is 5.86. The van der Waals surface area contributed by atoms with E-state index in [1.165, 1.54) is 31.4 Å². The molecule has 3 rings (SSSR count). The Morgan fingerprint density at radius 1 is 1.44 bits per heavy atom. The molecule has 100 valence electrons. The van der Waals surface area contributed by atoms with Gasteiger partial charge >= 0.3 is 0 Å². The van der Waals surface area contributed by atoms with Crippen LogP contribution >= 0.6 is 0 Å². The van der Waals surface area contributed by atoms with Gasteiger partial charge in [-0.05, 0) is 18.8 Å². The molecular weight excluding hydrogens is 226 g/mol. The molecule has 1 aromatic rings. The maximum absolute atomic E-state index is 5.86. The van der Waals surface area contributed by atoms with Crippen molar-refractivity contribution in [1.29, 1.82) is 0 Å².